The number of amides is 2. The summed E-state index contributed by atoms with van der Waals surface area (Å²) in [5, 5.41) is 5.62. The van der Waals surface area contributed by atoms with Crippen molar-refractivity contribution in [1.82, 2.24) is 10.6 Å². The summed E-state index contributed by atoms with van der Waals surface area (Å²) in [4.78, 5) is 50.8. The van der Waals surface area contributed by atoms with Crippen LogP contribution in [-0.2, 0) is 23.9 Å². The Morgan fingerprint density at radius 2 is 1.14 bits per heavy atom. The fourth-order valence-electron chi connectivity index (χ4n) is 7.35. The lowest BCUT2D eigenvalue weighted by Crippen LogP contribution is -2.45. The van der Waals surface area contributed by atoms with Gasteiger partial charge in [-0.15, -0.1) is 0 Å². The third kappa shape index (κ3) is 16.8. The maximum Gasteiger partial charge on any atom is 0.407 e. The van der Waals surface area contributed by atoms with Crippen LogP contribution in [0.25, 0.3) is 11.1 Å². The summed E-state index contributed by atoms with van der Waals surface area (Å²) in [6, 6.07) is 22.6. The van der Waals surface area contributed by atoms with Gasteiger partial charge in [-0.1, -0.05) is 143 Å². The van der Waals surface area contributed by atoms with Gasteiger partial charge in [0.05, 0.1) is 0 Å². The zero-order chi connectivity index (χ0) is 40.9. The van der Waals surface area contributed by atoms with Crippen molar-refractivity contribution in [3.63, 3.8) is 0 Å². The molecule has 4 rings (SSSR count). The van der Waals surface area contributed by atoms with Crippen LogP contribution in [0, 0.1) is 6.92 Å². The molecule has 310 valence electrons. The van der Waals surface area contributed by atoms with Crippen molar-refractivity contribution in [3.05, 3.63) is 89.5 Å². The van der Waals surface area contributed by atoms with E-state index in [1.807, 2.05) is 64.1 Å². The summed E-state index contributed by atoms with van der Waals surface area (Å²) in [5.41, 5.74) is 5.22. The first-order valence-electron chi connectivity index (χ1n) is 21.4. The molecule has 0 aromatic heterocycles. The number of carbonyl (C=O) groups is 4. The quantitative estimate of drug-likeness (QED) is 0.0499. The van der Waals surface area contributed by atoms with Crippen LogP contribution in [0.2, 0.25) is 0 Å². The van der Waals surface area contributed by atoms with Crippen molar-refractivity contribution >= 4 is 23.9 Å². The summed E-state index contributed by atoms with van der Waals surface area (Å²) >= 11 is 0. The van der Waals surface area contributed by atoms with Crippen molar-refractivity contribution in [2.75, 3.05) is 13.2 Å². The summed E-state index contributed by atoms with van der Waals surface area (Å²) in [6.45, 7) is 7.99. The highest BCUT2D eigenvalue weighted by atomic mass is 16.6. The van der Waals surface area contributed by atoms with E-state index in [0.717, 1.165) is 66.3 Å². The molecule has 9 heteroatoms. The fourth-order valence-corrected chi connectivity index (χ4v) is 7.35. The maximum atomic E-state index is 13.2. The van der Waals surface area contributed by atoms with E-state index in [2.05, 4.69) is 34.9 Å². The fraction of sp³-hybridized carbons (Fsp3) is 0.542. The molecule has 1 aliphatic rings. The van der Waals surface area contributed by atoms with E-state index in [9.17, 15) is 19.2 Å². The number of unbranched alkanes of at least 4 members (excludes halogenated alkanes) is 13. The molecule has 0 heterocycles. The Kier molecular flexibility index (Phi) is 19.1. The minimum atomic E-state index is -0.920. The lowest BCUT2D eigenvalue weighted by Gasteiger charge is -2.19. The number of benzene rings is 3. The molecule has 9 nitrogen and oxygen atoms in total. The van der Waals surface area contributed by atoms with Crippen molar-refractivity contribution in [1.29, 1.82) is 0 Å². The van der Waals surface area contributed by atoms with Gasteiger partial charge in [-0.2, -0.15) is 0 Å². The average molecular weight is 783 g/mol. The molecule has 0 unspecified atom stereocenters. The third-order valence-corrected chi connectivity index (χ3v) is 10.4. The lowest BCUT2D eigenvalue weighted by molar-refractivity contribution is -0.155. The molecule has 1 atom stereocenters. The molecule has 57 heavy (non-hydrogen) atoms. The van der Waals surface area contributed by atoms with Gasteiger partial charge >= 0.3 is 18.0 Å². The molecule has 0 saturated heterocycles. The third-order valence-electron chi connectivity index (χ3n) is 10.4. The number of carbonyl (C=O) groups excluding carboxylic acids is 4. The van der Waals surface area contributed by atoms with Crippen LogP contribution in [0.15, 0.2) is 72.8 Å². The Morgan fingerprint density at radius 1 is 0.649 bits per heavy atom. The minimum absolute atomic E-state index is 0.0539. The van der Waals surface area contributed by atoms with E-state index >= 15 is 0 Å². The first kappa shape index (κ1) is 45.0. The first-order valence-corrected chi connectivity index (χ1v) is 21.4. The van der Waals surface area contributed by atoms with Crippen LogP contribution in [0.1, 0.15) is 153 Å². The predicted octanol–water partition coefficient (Wildman–Crippen LogP) is 10.9. The second-order valence-corrected chi connectivity index (χ2v) is 16.4. The summed E-state index contributed by atoms with van der Waals surface area (Å²) < 4.78 is 16.6. The first-order chi connectivity index (χ1) is 27.5. The molecule has 0 spiro atoms. The number of hydrogen-bond acceptors (Lipinski definition) is 7. The van der Waals surface area contributed by atoms with Crippen LogP contribution >= 0.6 is 0 Å². The largest absolute Gasteiger partial charge is 0.460 e. The van der Waals surface area contributed by atoms with E-state index in [1.165, 1.54) is 51.4 Å². The molecule has 0 radical (unpaired) electrons. The molecule has 2 N–H and O–H groups in total. The van der Waals surface area contributed by atoms with Crippen LogP contribution < -0.4 is 15.4 Å². The number of fused-ring (bicyclic) bond motifs is 3. The van der Waals surface area contributed by atoms with E-state index in [1.54, 1.807) is 12.1 Å². The molecule has 3 aromatic carbocycles. The topological polar surface area (TPSA) is 120 Å². The van der Waals surface area contributed by atoms with Crippen molar-refractivity contribution < 1.29 is 33.4 Å². The molecule has 0 aliphatic heterocycles. The van der Waals surface area contributed by atoms with E-state index in [-0.39, 0.29) is 37.4 Å². The lowest BCUT2D eigenvalue weighted by atomic mass is 9.98. The molecule has 3 aromatic rings. The summed E-state index contributed by atoms with van der Waals surface area (Å²) in [6.07, 6.45) is 16.3. The van der Waals surface area contributed by atoms with Gasteiger partial charge in [0, 0.05) is 25.3 Å². The second-order valence-electron chi connectivity index (χ2n) is 16.4. The van der Waals surface area contributed by atoms with Gasteiger partial charge in [0.25, 0.3) is 0 Å². The minimum Gasteiger partial charge on any atom is -0.460 e. The Morgan fingerprint density at radius 3 is 1.67 bits per heavy atom. The molecule has 0 fully saturated rings. The average Bonchev–Trinajstić information content (AvgIpc) is 3.50. The molecule has 0 bridgehead atoms. The van der Waals surface area contributed by atoms with Crippen LogP contribution in [0.5, 0.6) is 5.75 Å². The monoisotopic (exact) mass is 782 g/mol. The normalized spacial score (nSPS) is 12.6. The van der Waals surface area contributed by atoms with Crippen molar-refractivity contribution in [3.8, 4) is 16.9 Å². The van der Waals surface area contributed by atoms with Gasteiger partial charge in [-0.05, 0) is 81.3 Å². The highest BCUT2D eigenvalue weighted by Crippen LogP contribution is 2.44. The van der Waals surface area contributed by atoms with Crippen molar-refractivity contribution in [2.24, 2.45) is 0 Å². The number of aryl methyl sites for hydroxylation is 1. The number of alkyl carbamates (subject to hydrolysis) is 1. The SMILES string of the molecule is Cc1ccc(OC(=O)[C@H](CCNC(=O)OCC2c3ccccc3-c3ccccc32)NC(=O)CCCCCCCCCCCCCCCCC(=O)OC(C)(C)C)cc1. The Balaban J connectivity index is 1.07. The van der Waals surface area contributed by atoms with Gasteiger partial charge in [-0.25, -0.2) is 9.59 Å². The predicted molar refractivity (Wildman–Crippen MR) is 226 cm³/mol. The smallest absolute Gasteiger partial charge is 0.407 e. The zero-order valence-electron chi connectivity index (χ0n) is 34.9. The zero-order valence-corrected chi connectivity index (χ0v) is 34.9. The summed E-state index contributed by atoms with van der Waals surface area (Å²) in [7, 11) is 0. The van der Waals surface area contributed by atoms with Gasteiger partial charge < -0.3 is 24.8 Å². The number of rotatable bonds is 25. The van der Waals surface area contributed by atoms with Gasteiger partial charge in [0.1, 0.15) is 24.0 Å². The van der Waals surface area contributed by atoms with E-state index < -0.39 is 23.7 Å². The second kappa shape index (κ2) is 24.2. The van der Waals surface area contributed by atoms with Crippen LogP contribution in [0.4, 0.5) is 4.79 Å². The standard InChI is InChI=1S/C48H66N2O7/c1-36-29-31-37(32-30-36)56-46(53)43(33-34-49-47(54)55-35-42-40-25-21-19-23-38(40)39-24-20-22-26-41(39)42)50-44(51)27-17-15-13-11-9-7-5-6-8-10-12-14-16-18-28-45(52)57-48(2,3)4/h19-26,29-32,42-43H,5-18,27-28,33-35H2,1-4H3,(H,49,54)(H,50,51)/t43-/m0/s1. The number of nitrogens with one attached hydrogen (secondary N) is 2. The van der Waals surface area contributed by atoms with Crippen LogP contribution in [-0.4, -0.2) is 48.7 Å². The van der Waals surface area contributed by atoms with Gasteiger partial charge in [-0.3, -0.25) is 9.59 Å². The maximum absolute atomic E-state index is 13.2. The highest BCUT2D eigenvalue weighted by Gasteiger charge is 2.29. The number of hydrogen-bond donors (Lipinski definition) is 2. The number of esters is 2. The van der Waals surface area contributed by atoms with Crippen molar-refractivity contribution in [2.45, 2.75) is 154 Å². The van der Waals surface area contributed by atoms with E-state index in [4.69, 9.17) is 14.2 Å². The van der Waals surface area contributed by atoms with Gasteiger partial charge in [0.2, 0.25) is 5.91 Å². The molecular formula is C48H66N2O7. The van der Waals surface area contributed by atoms with E-state index in [0.29, 0.717) is 18.6 Å². The summed E-state index contributed by atoms with van der Waals surface area (Å²) in [5.74, 6) is -0.520. The molecular weight excluding hydrogens is 717 g/mol. The Hall–Kier alpha value is -4.66. The number of ether oxygens (including phenoxy) is 3. The van der Waals surface area contributed by atoms with Gasteiger partial charge in [0.15, 0.2) is 0 Å². The highest BCUT2D eigenvalue weighted by molar-refractivity contribution is 5.85. The molecule has 0 saturated carbocycles. The molecule has 1 aliphatic carbocycles. The Bertz CT molecular complexity index is 1650. The Labute approximate surface area is 341 Å². The molecule has 2 amide bonds. The van der Waals surface area contributed by atoms with Crippen LogP contribution in [0.3, 0.4) is 0 Å².